The Kier molecular flexibility index (Phi) is 5.96. The average molecular weight is 380 g/mol. The summed E-state index contributed by atoms with van der Waals surface area (Å²) in [5.74, 6) is 0.647. The van der Waals surface area contributed by atoms with E-state index in [4.69, 9.17) is 14.3 Å². The molecule has 0 fully saturated rings. The Bertz CT molecular complexity index is 1030. The van der Waals surface area contributed by atoms with Crippen LogP contribution in [-0.4, -0.2) is 24.9 Å². The minimum atomic E-state index is -0.558. The quantitative estimate of drug-likeness (QED) is 0.682. The van der Waals surface area contributed by atoms with E-state index in [-0.39, 0.29) is 12.2 Å². The molecular weight excluding hydrogens is 360 g/mol. The zero-order chi connectivity index (χ0) is 19.9. The third-order valence-electron chi connectivity index (χ3n) is 4.02. The summed E-state index contributed by atoms with van der Waals surface area (Å²) in [5.41, 5.74) is 0.703. The summed E-state index contributed by atoms with van der Waals surface area (Å²) in [5, 5.41) is 2.69. The van der Waals surface area contributed by atoms with Crippen LogP contribution in [0.1, 0.15) is 15.9 Å². The summed E-state index contributed by atoms with van der Waals surface area (Å²) in [6, 6.07) is 17.3. The van der Waals surface area contributed by atoms with Crippen LogP contribution in [-0.2, 0) is 6.61 Å². The van der Waals surface area contributed by atoms with Gasteiger partial charge in [0.2, 0.25) is 0 Å². The number of methoxy groups -OCH3 is 2. The summed E-state index contributed by atoms with van der Waals surface area (Å²) in [6.45, 7) is 0.148. The third-order valence-corrected chi connectivity index (χ3v) is 4.02. The van der Waals surface area contributed by atoms with E-state index < -0.39 is 11.5 Å². The van der Waals surface area contributed by atoms with Crippen LogP contribution in [0.5, 0.6) is 11.5 Å². The van der Waals surface area contributed by atoms with Gasteiger partial charge in [0.25, 0.3) is 11.5 Å². The van der Waals surface area contributed by atoms with Crippen molar-refractivity contribution in [3.8, 4) is 11.5 Å². The SMILES string of the molecule is COc1cccc(COn2cccc(C(=O)Nc3ccccc3OC)c2=O)c1. The molecule has 7 nitrogen and oxygen atoms in total. The van der Waals surface area contributed by atoms with Crippen LogP contribution < -0.4 is 25.2 Å². The van der Waals surface area contributed by atoms with Crippen molar-refractivity contribution >= 4 is 11.6 Å². The molecule has 0 bridgehead atoms. The fraction of sp³-hybridized carbons (Fsp3) is 0.143. The predicted octanol–water partition coefficient (Wildman–Crippen LogP) is 2.75. The molecule has 144 valence electrons. The summed E-state index contributed by atoms with van der Waals surface area (Å²) < 4.78 is 11.4. The van der Waals surface area contributed by atoms with Gasteiger partial charge in [-0.2, -0.15) is 4.73 Å². The van der Waals surface area contributed by atoms with Gasteiger partial charge in [-0.25, -0.2) is 0 Å². The lowest BCUT2D eigenvalue weighted by Crippen LogP contribution is -2.32. The number of nitrogens with zero attached hydrogens (tertiary/aromatic N) is 1. The second-order valence-corrected chi connectivity index (χ2v) is 5.83. The van der Waals surface area contributed by atoms with Gasteiger partial charge in [0.1, 0.15) is 23.7 Å². The van der Waals surface area contributed by atoms with Crippen molar-refractivity contribution in [1.29, 1.82) is 0 Å². The molecule has 0 atom stereocenters. The van der Waals surface area contributed by atoms with Gasteiger partial charge in [-0.05, 0) is 42.0 Å². The lowest BCUT2D eigenvalue weighted by atomic mass is 10.2. The van der Waals surface area contributed by atoms with Gasteiger partial charge in [-0.3, -0.25) is 9.59 Å². The first-order valence-corrected chi connectivity index (χ1v) is 8.54. The summed E-state index contributed by atoms with van der Waals surface area (Å²) in [6.07, 6.45) is 1.46. The zero-order valence-corrected chi connectivity index (χ0v) is 15.5. The maximum atomic E-state index is 12.6. The van der Waals surface area contributed by atoms with Gasteiger partial charge in [0, 0.05) is 6.20 Å². The highest BCUT2D eigenvalue weighted by atomic mass is 16.7. The Balaban J connectivity index is 1.76. The van der Waals surface area contributed by atoms with Gasteiger partial charge in [-0.1, -0.05) is 24.3 Å². The lowest BCUT2D eigenvalue weighted by molar-refractivity contribution is 0.0862. The molecule has 0 aliphatic heterocycles. The molecule has 1 heterocycles. The van der Waals surface area contributed by atoms with Crippen LogP contribution in [0.15, 0.2) is 71.7 Å². The maximum absolute atomic E-state index is 12.6. The Labute approximate surface area is 162 Å². The lowest BCUT2D eigenvalue weighted by Gasteiger charge is -2.12. The number of ether oxygens (including phenoxy) is 2. The van der Waals surface area contributed by atoms with Gasteiger partial charge in [-0.15, -0.1) is 0 Å². The van der Waals surface area contributed by atoms with Crippen molar-refractivity contribution in [3.05, 3.63) is 88.3 Å². The molecule has 2 aromatic carbocycles. The van der Waals surface area contributed by atoms with E-state index in [1.54, 1.807) is 37.4 Å². The number of pyridine rings is 1. The van der Waals surface area contributed by atoms with Gasteiger partial charge in [0.05, 0.1) is 19.9 Å². The fourth-order valence-electron chi connectivity index (χ4n) is 2.59. The third kappa shape index (κ3) is 4.32. The second kappa shape index (κ2) is 8.77. The molecule has 0 saturated carbocycles. The summed E-state index contributed by atoms with van der Waals surface area (Å²) in [4.78, 5) is 30.7. The van der Waals surface area contributed by atoms with Gasteiger partial charge >= 0.3 is 0 Å². The van der Waals surface area contributed by atoms with Crippen molar-refractivity contribution < 1.29 is 19.1 Å². The monoisotopic (exact) mass is 380 g/mol. The molecule has 0 aliphatic carbocycles. The minimum absolute atomic E-state index is 0.0425. The molecular formula is C21H20N2O5. The summed E-state index contributed by atoms with van der Waals surface area (Å²) >= 11 is 0. The molecule has 28 heavy (non-hydrogen) atoms. The second-order valence-electron chi connectivity index (χ2n) is 5.83. The van der Waals surface area contributed by atoms with Crippen molar-refractivity contribution in [3.63, 3.8) is 0 Å². The highest BCUT2D eigenvalue weighted by Crippen LogP contribution is 2.23. The smallest absolute Gasteiger partial charge is 0.295 e. The molecule has 1 amide bonds. The van der Waals surface area contributed by atoms with Crippen molar-refractivity contribution in [2.24, 2.45) is 0 Å². The standard InChI is InChI=1S/C21H20N2O5/c1-26-16-8-5-7-15(13-16)14-28-23-12-6-9-17(21(23)25)20(24)22-18-10-3-4-11-19(18)27-2/h3-13H,14H2,1-2H3,(H,22,24). The minimum Gasteiger partial charge on any atom is -0.497 e. The van der Waals surface area contributed by atoms with E-state index in [0.29, 0.717) is 17.2 Å². The van der Waals surface area contributed by atoms with Gasteiger partial charge < -0.3 is 19.6 Å². The number of amides is 1. The molecule has 7 heteroatoms. The first-order chi connectivity index (χ1) is 13.6. The predicted molar refractivity (Wildman–Crippen MR) is 105 cm³/mol. The first kappa shape index (κ1) is 19.0. The molecule has 0 saturated heterocycles. The molecule has 3 rings (SSSR count). The Hall–Kier alpha value is -3.74. The number of carbonyl (C=O) groups is 1. The number of hydrogen-bond acceptors (Lipinski definition) is 5. The highest BCUT2D eigenvalue weighted by molar-refractivity contribution is 6.04. The van der Waals surface area contributed by atoms with Crippen LogP contribution in [0.4, 0.5) is 5.69 Å². The number of para-hydroxylation sites is 2. The molecule has 1 N–H and O–H groups in total. The largest absolute Gasteiger partial charge is 0.497 e. The topological polar surface area (TPSA) is 78.8 Å². The molecule has 0 aliphatic rings. The highest BCUT2D eigenvalue weighted by Gasteiger charge is 2.15. The van der Waals surface area contributed by atoms with Crippen molar-refractivity contribution in [2.75, 3.05) is 19.5 Å². The fourth-order valence-corrected chi connectivity index (χ4v) is 2.59. The van der Waals surface area contributed by atoms with E-state index in [2.05, 4.69) is 5.32 Å². The number of nitrogens with one attached hydrogen (secondary N) is 1. The van der Waals surface area contributed by atoms with Gasteiger partial charge in [0.15, 0.2) is 0 Å². The number of anilines is 1. The molecule has 0 radical (unpaired) electrons. The molecule has 1 aromatic heterocycles. The van der Waals surface area contributed by atoms with Crippen LogP contribution in [0.2, 0.25) is 0 Å². The zero-order valence-electron chi connectivity index (χ0n) is 15.5. The van der Waals surface area contributed by atoms with Crippen LogP contribution >= 0.6 is 0 Å². The van der Waals surface area contributed by atoms with Crippen molar-refractivity contribution in [1.82, 2.24) is 4.73 Å². The molecule has 0 spiro atoms. The number of carbonyl (C=O) groups excluding carboxylic acids is 1. The van der Waals surface area contributed by atoms with Crippen LogP contribution in [0.3, 0.4) is 0 Å². The van der Waals surface area contributed by atoms with E-state index in [9.17, 15) is 9.59 Å². The number of hydrogen-bond donors (Lipinski definition) is 1. The average Bonchev–Trinajstić information content (AvgIpc) is 2.73. The van der Waals surface area contributed by atoms with E-state index in [1.165, 1.54) is 19.4 Å². The maximum Gasteiger partial charge on any atom is 0.295 e. The van der Waals surface area contributed by atoms with E-state index in [1.807, 2.05) is 24.3 Å². The van der Waals surface area contributed by atoms with Crippen LogP contribution in [0.25, 0.3) is 0 Å². The molecule has 0 unspecified atom stereocenters. The van der Waals surface area contributed by atoms with E-state index >= 15 is 0 Å². The van der Waals surface area contributed by atoms with E-state index in [0.717, 1.165) is 10.3 Å². The van der Waals surface area contributed by atoms with Crippen LogP contribution in [0, 0.1) is 0 Å². The van der Waals surface area contributed by atoms with Crippen molar-refractivity contribution in [2.45, 2.75) is 6.61 Å². The summed E-state index contributed by atoms with van der Waals surface area (Å²) in [7, 11) is 3.08. The number of aromatic nitrogens is 1. The number of benzene rings is 2. The Morgan fingerprint density at radius 2 is 1.82 bits per heavy atom. The molecule has 3 aromatic rings. The Morgan fingerprint density at radius 3 is 2.61 bits per heavy atom. The first-order valence-electron chi connectivity index (χ1n) is 8.54. The Morgan fingerprint density at radius 1 is 1.00 bits per heavy atom. The normalized spacial score (nSPS) is 10.2. The number of rotatable bonds is 7.